The predicted octanol–water partition coefficient (Wildman–Crippen LogP) is 4.10. The summed E-state index contributed by atoms with van der Waals surface area (Å²) in [5, 5.41) is 5.80. The largest absolute Gasteiger partial charge is 0.333 e. The standard InChI is InChI=1S/C15H15N3O3S3/c1-2-10-5-6-12(23-10)24(19,20)18-11-7-8-22-13(11)15-16-14(17-21-15)9-3-4-9/h5-9,18H,2-4H2,1H3. The first-order valence-electron chi connectivity index (χ1n) is 7.60. The molecule has 4 rings (SSSR count). The predicted molar refractivity (Wildman–Crippen MR) is 94.1 cm³/mol. The van der Waals surface area contributed by atoms with Crippen LogP contribution in [-0.2, 0) is 16.4 Å². The van der Waals surface area contributed by atoms with Crippen molar-refractivity contribution in [2.24, 2.45) is 0 Å². The molecule has 0 aliphatic heterocycles. The first kappa shape index (κ1) is 15.8. The van der Waals surface area contributed by atoms with Crippen molar-refractivity contribution >= 4 is 38.4 Å². The van der Waals surface area contributed by atoms with Crippen LogP contribution in [0.15, 0.2) is 32.3 Å². The lowest BCUT2D eigenvalue weighted by Gasteiger charge is -2.05. The first-order valence-corrected chi connectivity index (χ1v) is 10.8. The molecule has 3 aromatic heterocycles. The number of nitrogens with one attached hydrogen (secondary N) is 1. The molecule has 3 aromatic rings. The molecule has 1 N–H and O–H groups in total. The number of hydrogen-bond donors (Lipinski definition) is 1. The molecule has 0 aromatic carbocycles. The van der Waals surface area contributed by atoms with Gasteiger partial charge in [0.2, 0.25) is 0 Å². The Morgan fingerprint density at radius 2 is 2.17 bits per heavy atom. The highest BCUT2D eigenvalue weighted by molar-refractivity contribution is 7.94. The maximum Gasteiger partial charge on any atom is 0.271 e. The maximum absolute atomic E-state index is 12.6. The van der Waals surface area contributed by atoms with Crippen molar-refractivity contribution in [1.29, 1.82) is 0 Å². The fourth-order valence-corrected chi connectivity index (χ4v) is 5.48. The van der Waals surface area contributed by atoms with Gasteiger partial charge in [0.15, 0.2) is 5.82 Å². The Hall–Kier alpha value is -1.71. The van der Waals surface area contributed by atoms with Crippen molar-refractivity contribution in [2.75, 3.05) is 4.72 Å². The number of sulfonamides is 1. The van der Waals surface area contributed by atoms with Crippen LogP contribution in [0.25, 0.3) is 10.8 Å². The van der Waals surface area contributed by atoms with Crippen LogP contribution in [0.1, 0.15) is 36.4 Å². The highest BCUT2D eigenvalue weighted by Gasteiger charge is 2.30. The lowest BCUT2D eigenvalue weighted by atomic mass is 10.4. The van der Waals surface area contributed by atoms with Crippen LogP contribution in [0.4, 0.5) is 5.69 Å². The van der Waals surface area contributed by atoms with Crippen LogP contribution in [0.2, 0.25) is 0 Å². The Morgan fingerprint density at radius 3 is 2.88 bits per heavy atom. The Labute approximate surface area is 147 Å². The van der Waals surface area contributed by atoms with Gasteiger partial charge in [0.25, 0.3) is 15.9 Å². The van der Waals surface area contributed by atoms with Crippen LogP contribution < -0.4 is 4.72 Å². The monoisotopic (exact) mass is 381 g/mol. The quantitative estimate of drug-likeness (QED) is 0.695. The molecular weight excluding hydrogens is 366 g/mol. The van der Waals surface area contributed by atoms with E-state index in [-0.39, 0.29) is 0 Å². The van der Waals surface area contributed by atoms with Crippen molar-refractivity contribution < 1.29 is 12.9 Å². The van der Waals surface area contributed by atoms with Gasteiger partial charge in [-0.05, 0) is 42.8 Å². The lowest BCUT2D eigenvalue weighted by molar-refractivity contribution is 0.423. The van der Waals surface area contributed by atoms with Crippen LogP contribution in [0.5, 0.6) is 0 Å². The van der Waals surface area contributed by atoms with Gasteiger partial charge in [-0.3, -0.25) is 4.72 Å². The number of aryl methyl sites for hydroxylation is 1. The molecule has 126 valence electrons. The fraction of sp³-hybridized carbons (Fsp3) is 0.333. The van der Waals surface area contributed by atoms with Crippen LogP contribution in [-0.4, -0.2) is 18.6 Å². The van der Waals surface area contributed by atoms with Crippen molar-refractivity contribution in [2.45, 2.75) is 36.3 Å². The summed E-state index contributed by atoms with van der Waals surface area (Å²) in [6, 6.07) is 5.19. The molecule has 1 aliphatic rings. The minimum Gasteiger partial charge on any atom is -0.333 e. The zero-order valence-corrected chi connectivity index (χ0v) is 15.3. The minimum atomic E-state index is -3.61. The molecule has 1 fully saturated rings. The van der Waals surface area contributed by atoms with Gasteiger partial charge in [0.1, 0.15) is 9.09 Å². The van der Waals surface area contributed by atoms with Gasteiger partial charge in [-0.1, -0.05) is 12.1 Å². The molecule has 9 heteroatoms. The Morgan fingerprint density at radius 1 is 1.33 bits per heavy atom. The average molecular weight is 382 g/mol. The second-order valence-electron chi connectivity index (χ2n) is 5.58. The second kappa shape index (κ2) is 5.98. The van der Waals surface area contributed by atoms with Gasteiger partial charge in [-0.2, -0.15) is 4.98 Å². The molecule has 6 nitrogen and oxygen atoms in total. The maximum atomic E-state index is 12.6. The zero-order valence-electron chi connectivity index (χ0n) is 12.9. The van der Waals surface area contributed by atoms with E-state index in [0.717, 1.165) is 24.1 Å². The molecule has 3 heterocycles. The smallest absolute Gasteiger partial charge is 0.271 e. The van der Waals surface area contributed by atoms with E-state index in [4.69, 9.17) is 4.52 Å². The molecule has 0 bridgehead atoms. The van der Waals surface area contributed by atoms with Crippen molar-refractivity contribution in [3.8, 4) is 10.8 Å². The number of aromatic nitrogens is 2. The molecule has 0 amide bonds. The molecule has 0 radical (unpaired) electrons. The van der Waals surface area contributed by atoms with Crippen LogP contribution >= 0.6 is 22.7 Å². The van der Waals surface area contributed by atoms with Gasteiger partial charge in [0.05, 0.1) is 5.69 Å². The fourth-order valence-electron chi connectivity index (χ4n) is 2.28. The third kappa shape index (κ3) is 2.99. The first-order chi connectivity index (χ1) is 11.6. The molecule has 0 unspecified atom stereocenters. The van der Waals surface area contributed by atoms with Gasteiger partial charge < -0.3 is 4.52 Å². The summed E-state index contributed by atoms with van der Waals surface area (Å²) in [5.41, 5.74) is 0.470. The van der Waals surface area contributed by atoms with Crippen LogP contribution in [0, 0.1) is 0 Å². The van der Waals surface area contributed by atoms with Gasteiger partial charge in [0, 0.05) is 10.8 Å². The number of rotatable bonds is 6. The minimum absolute atomic E-state index is 0.306. The average Bonchev–Trinajstić information content (AvgIpc) is 2.98. The van der Waals surface area contributed by atoms with Gasteiger partial charge >= 0.3 is 0 Å². The van der Waals surface area contributed by atoms with E-state index in [9.17, 15) is 8.42 Å². The zero-order chi connectivity index (χ0) is 16.7. The number of thiophene rings is 2. The number of nitrogens with zero attached hydrogens (tertiary/aromatic N) is 2. The van der Waals surface area contributed by atoms with E-state index in [2.05, 4.69) is 14.9 Å². The van der Waals surface area contributed by atoms with Crippen molar-refractivity contribution in [3.05, 3.63) is 34.3 Å². The van der Waals surface area contributed by atoms with E-state index in [1.165, 1.54) is 22.7 Å². The number of anilines is 1. The van der Waals surface area contributed by atoms with Gasteiger partial charge in [-0.25, -0.2) is 8.42 Å². The highest BCUT2D eigenvalue weighted by atomic mass is 32.2. The topological polar surface area (TPSA) is 85.1 Å². The summed E-state index contributed by atoms with van der Waals surface area (Å²) >= 11 is 2.66. The summed E-state index contributed by atoms with van der Waals surface area (Å²) in [4.78, 5) is 6.07. The second-order valence-corrected chi connectivity index (χ2v) is 9.57. The molecule has 24 heavy (non-hydrogen) atoms. The summed E-state index contributed by atoms with van der Waals surface area (Å²) < 4.78 is 33.4. The van der Waals surface area contributed by atoms with Crippen molar-refractivity contribution in [1.82, 2.24) is 10.1 Å². The summed E-state index contributed by atoms with van der Waals surface area (Å²) in [7, 11) is -3.61. The molecule has 0 saturated heterocycles. The third-order valence-corrected chi connectivity index (χ3v) is 7.73. The van der Waals surface area contributed by atoms with E-state index in [0.29, 0.717) is 32.4 Å². The highest BCUT2D eigenvalue weighted by Crippen LogP contribution is 2.40. The Balaban J connectivity index is 1.61. The number of hydrogen-bond acceptors (Lipinski definition) is 7. The molecular formula is C15H15N3O3S3. The van der Waals surface area contributed by atoms with E-state index in [1.807, 2.05) is 13.0 Å². The molecule has 1 aliphatic carbocycles. The van der Waals surface area contributed by atoms with Gasteiger partial charge in [-0.15, -0.1) is 22.7 Å². The molecule has 0 atom stereocenters. The van der Waals surface area contributed by atoms with Crippen molar-refractivity contribution in [3.63, 3.8) is 0 Å². The summed E-state index contributed by atoms with van der Waals surface area (Å²) in [6.07, 6.45) is 2.98. The molecule has 1 saturated carbocycles. The van der Waals surface area contributed by atoms with E-state index < -0.39 is 10.0 Å². The Bertz CT molecular complexity index is 967. The summed E-state index contributed by atoms with van der Waals surface area (Å²) in [5.74, 6) is 1.46. The normalized spacial score (nSPS) is 14.9. The summed E-state index contributed by atoms with van der Waals surface area (Å²) in [6.45, 7) is 2.00. The van der Waals surface area contributed by atoms with E-state index in [1.54, 1.807) is 17.5 Å². The van der Waals surface area contributed by atoms with E-state index >= 15 is 0 Å². The molecule has 0 spiro atoms. The SMILES string of the molecule is CCc1ccc(S(=O)(=O)Nc2ccsc2-c2nc(C3CC3)no2)s1. The van der Waals surface area contributed by atoms with Crippen LogP contribution in [0.3, 0.4) is 0 Å². The third-order valence-electron chi connectivity index (χ3n) is 3.74. The Kier molecular flexibility index (Phi) is 3.93. The lowest BCUT2D eigenvalue weighted by Crippen LogP contribution is -2.11.